The van der Waals surface area contributed by atoms with Gasteiger partial charge in [0, 0.05) is 25.0 Å². The van der Waals surface area contributed by atoms with Crippen molar-refractivity contribution in [2.75, 3.05) is 17.2 Å². The maximum absolute atomic E-state index is 9.04. The van der Waals surface area contributed by atoms with Gasteiger partial charge in [-0.1, -0.05) is 23.7 Å². The first-order valence-electron chi connectivity index (χ1n) is 6.36. The second-order valence-corrected chi connectivity index (χ2v) is 5.14. The first-order valence-corrected chi connectivity index (χ1v) is 6.74. The predicted molar refractivity (Wildman–Crippen MR) is 79.6 cm³/mol. The van der Waals surface area contributed by atoms with Crippen molar-refractivity contribution in [3.8, 4) is 6.07 Å². The number of nitrogens with zero attached hydrogens (tertiary/aromatic N) is 3. The average Bonchev–Trinajstić information content (AvgIpc) is 2.47. The monoisotopic (exact) mass is 284 g/mol. The van der Waals surface area contributed by atoms with Crippen LogP contribution in [0.15, 0.2) is 30.5 Å². The van der Waals surface area contributed by atoms with Crippen molar-refractivity contribution in [3.63, 3.8) is 0 Å². The van der Waals surface area contributed by atoms with E-state index in [1.807, 2.05) is 12.1 Å². The molecule has 0 spiro atoms. The molecule has 0 saturated heterocycles. The van der Waals surface area contributed by atoms with Gasteiger partial charge >= 0.3 is 0 Å². The van der Waals surface area contributed by atoms with Crippen molar-refractivity contribution in [2.45, 2.75) is 13.0 Å². The fourth-order valence-corrected chi connectivity index (χ4v) is 2.83. The van der Waals surface area contributed by atoms with Gasteiger partial charge in [-0.15, -0.1) is 0 Å². The quantitative estimate of drug-likeness (QED) is 0.818. The SMILES string of the molecule is N#Cc1ccnc(N2CCc3c(N)cccc3C2)c1Cl. The predicted octanol–water partition coefficient (Wildman–Crippen LogP) is 2.75. The number of nitriles is 1. The Morgan fingerprint density at radius 1 is 1.35 bits per heavy atom. The highest BCUT2D eigenvalue weighted by molar-refractivity contribution is 6.34. The topological polar surface area (TPSA) is 65.9 Å². The van der Waals surface area contributed by atoms with Crippen LogP contribution < -0.4 is 10.6 Å². The second kappa shape index (κ2) is 5.03. The lowest BCUT2D eigenvalue weighted by molar-refractivity contribution is 0.722. The van der Waals surface area contributed by atoms with Crippen molar-refractivity contribution >= 4 is 23.1 Å². The summed E-state index contributed by atoms with van der Waals surface area (Å²) in [6, 6.07) is 9.66. The molecule has 0 fully saturated rings. The number of pyridine rings is 1. The molecular weight excluding hydrogens is 272 g/mol. The van der Waals surface area contributed by atoms with Crippen LogP contribution in [-0.4, -0.2) is 11.5 Å². The Morgan fingerprint density at radius 2 is 2.20 bits per heavy atom. The molecule has 0 aliphatic carbocycles. The van der Waals surface area contributed by atoms with Gasteiger partial charge in [0.15, 0.2) is 0 Å². The summed E-state index contributed by atoms with van der Waals surface area (Å²) in [6.45, 7) is 1.50. The molecule has 0 bridgehead atoms. The molecule has 1 aromatic heterocycles. The van der Waals surface area contributed by atoms with E-state index in [9.17, 15) is 0 Å². The molecule has 1 aromatic carbocycles. The molecular formula is C15H13ClN4. The van der Waals surface area contributed by atoms with Crippen LogP contribution >= 0.6 is 11.6 Å². The Balaban J connectivity index is 1.97. The Bertz CT molecular complexity index is 706. The van der Waals surface area contributed by atoms with E-state index in [0.29, 0.717) is 22.9 Å². The van der Waals surface area contributed by atoms with Gasteiger partial charge in [0.25, 0.3) is 0 Å². The van der Waals surface area contributed by atoms with Gasteiger partial charge < -0.3 is 10.6 Å². The third-order valence-electron chi connectivity index (χ3n) is 3.59. The fraction of sp³-hybridized carbons (Fsp3) is 0.200. The third-order valence-corrected chi connectivity index (χ3v) is 3.97. The Hall–Kier alpha value is -2.25. The van der Waals surface area contributed by atoms with Crippen LogP contribution in [-0.2, 0) is 13.0 Å². The zero-order chi connectivity index (χ0) is 14.1. The molecule has 0 saturated carbocycles. The van der Waals surface area contributed by atoms with Crippen LogP contribution in [0.4, 0.5) is 11.5 Å². The zero-order valence-corrected chi connectivity index (χ0v) is 11.6. The summed E-state index contributed by atoms with van der Waals surface area (Å²) in [6.07, 6.45) is 2.48. The van der Waals surface area contributed by atoms with E-state index in [-0.39, 0.29) is 0 Å². The molecule has 0 atom stereocenters. The first-order chi connectivity index (χ1) is 9.70. The lowest BCUT2D eigenvalue weighted by Crippen LogP contribution is -2.31. The van der Waals surface area contributed by atoms with E-state index in [1.54, 1.807) is 12.3 Å². The molecule has 3 rings (SSSR count). The van der Waals surface area contributed by atoms with Gasteiger partial charge in [-0.05, 0) is 29.7 Å². The summed E-state index contributed by atoms with van der Waals surface area (Å²) < 4.78 is 0. The highest BCUT2D eigenvalue weighted by Gasteiger charge is 2.21. The molecule has 5 heteroatoms. The second-order valence-electron chi connectivity index (χ2n) is 4.76. The molecule has 20 heavy (non-hydrogen) atoms. The third kappa shape index (κ3) is 2.06. The first kappa shape index (κ1) is 12.8. The van der Waals surface area contributed by atoms with Crippen LogP contribution in [0, 0.1) is 11.3 Å². The Morgan fingerprint density at radius 3 is 3.00 bits per heavy atom. The molecule has 1 aliphatic heterocycles. The maximum atomic E-state index is 9.04. The standard InChI is InChI=1S/C15H13ClN4/c16-14-10(8-17)4-6-19-15(14)20-7-5-12-11(9-20)2-1-3-13(12)18/h1-4,6H,5,7,9,18H2. The van der Waals surface area contributed by atoms with Crippen molar-refractivity contribution in [1.82, 2.24) is 4.98 Å². The minimum Gasteiger partial charge on any atom is -0.398 e. The van der Waals surface area contributed by atoms with Gasteiger partial charge in [0.05, 0.1) is 5.56 Å². The van der Waals surface area contributed by atoms with Gasteiger partial charge in [0.2, 0.25) is 0 Å². The van der Waals surface area contributed by atoms with Gasteiger partial charge in [-0.25, -0.2) is 4.98 Å². The number of nitrogens with two attached hydrogens (primary N) is 1. The van der Waals surface area contributed by atoms with E-state index >= 15 is 0 Å². The number of benzene rings is 1. The van der Waals surface area contributed by atoms with E-state index in [1.165, 1.54) is 11.1 Å². The van der Waals surface area contributed by atoms with Gasteiger partial charge in [0.1, 0.15) is 16.9 Å². The fourth-order valence-electron chi connectivity index (χ4n) is 2.56. The molecule has 2 aromatic rings. The van der Waals surface area contributed by atoms with Gasteiger partial charge in [-0.3, -0.25) is 0 Å². The van der Waals surface area contributed by atoms with Crippen molar-refractivity contribution in [2.24, 2.45) is 0 Å². The number of aromatic nitrogens is 1. The Kier molecular flexibility index (Phi) is 3.21. The molecule has 2 heterocycles. The molecule has 2 N–H and O–H groups in total. The van der Waals surface area contributed by atoms with Gasteiger partial charge in [-0.2, -0.15) is 5.26 Å². The minimum atomic E-state index is 0.419. The Labute approximate surface area is 122 Å². The highest BCUT2D eigenvalue weighted by Crippen LogP contribution is 2.31. The van der Waals surface area contributed by atoms with Crippen LogP contribution in [0.25, 0.3) is 0 Å². The summed E-state index contributed by atoms with van der Waals surface area (Å²) in [4.78, 5) is 6.41. The maximum Gasteiger partial charge on any atom is 0.149 e. The number of hydrogen-bond acceptors (Lipinski definition) is 4. The molecule has 100 valence electrons. The summed E-state index contributed by atoms with van der Waals surface area (Å²) in [5.74, 6) is 0.666. The molecule has 0 amide bonds. The van der Waals surface area contributed by atoms with Crippen molar-refractivity contribution in [3.05, 3.63) is 52.2 Å². The number of rotatable bonds is 1. The number of anilines is 2. The normalized spacial score (nSPS) is 13.7. The minimum absolute atomic E-state index is 0.419. The van der Waals surface area contributed by atoms with E-state index in [4.69, 9.17) is 22.6 Å². The van der Waals surface area contributed by atoms with E-state index in [2.05, 4.69) is 22.0 Å². The lowest BCUT2D eigenvalue weighted by atomic mass is 9.98. The number of fused-ring (bicyclic) bond motifs is 1. The number of hydrogen-bond donors (Lipinski definition) is 1. The zero-order valence-electron chi connectivity index (χ0n) is 10.8. The van der Waals surface area contributed by atoms with Crippen molar-refractivity contribution < 1.29 is 0 Å². The van der Waals surface area contributed by atoms with Crippen LogP contribution in [0.5, 0.6) is 0 Å². The average molecular weight is 285 g/mol. The van der Waals surface area contributed by atoms with Crippen LogP contribution in [0.2, 0.25) is 5.02 Å². The summed E-state index contributed by atoms with van der Waals surface area (Å²) >= 11 is 6.25. The van der Waals surface area contributed by atoms with Crippen molar-refractivity contribution in [1.29, 1.82) is 5.26 Å². The van der Waals surface area contributed by atoms with E-state index < -0.39 is 0 Å². The number of nitrogen functional groups attached to an aromatic ring is 1. The largest absolute Gasteiger partial charge is 0.398 e. The molecule has 1 aliphatic rings. The number of halogens is 1. The molecule has 4 nitrogen and oxygen atoms in total. The van der Waals surface area contributed by atoms with Crippen LogP contribution in [0.3, 0.4) is 0 Å². The summed E-state index contributed by atoms with van der Waals surface area (Å²) in [5.41, 5.74) is 9.69. The lowest BCUT2D eigenvalue weighted by Gasteiger charge is -2.31. The molecule has 0 radical (unpaired) electrons. The van der Waals surface area contributed by atoms with E-state index in [0.717, 1.165) is 18.7 Å². The summed E-state index contributed by atoms with van der Waals surface area (Å²) in [7, 11) is 0. The summed E-state index contributed by atoms with van der Waals surface area (Å²) in [5, 5.41) is 9.46. The smallest absolute Gasteiger partial charge is 0.149 e. The van der Waals surface area contributed by atoms with Crippen LogP contribution in [0.1, 0.15) is 16.7 Å². The highest BCUT2D eigenvalue weighted by atomic mass is 35.5. The molecule has 0 unspecified atom stereocenters.